The summed E-state index contributed by atoms with van der Waals surface area (Å²) < 4.78 is 2.39. The van der Waals surface area contributed by atoms with E-state index in [2.05, 4.69) is 125 Å². The molecule has 2 aromatic heterocycles. The first-order valence-corrected chi connectivity index (χ1v) is 11.0. The largest absolute Gasteiger partial charge is 0.354 e. The molecule has 7 aromatic rings. The topological polar surface area (TPSA) is 20.7 Å². The second-order valence-corrected chi connectivity index (χ2v) is 8.35. The van der Waals surface area contributed by atoms with Crippen LogP contribution in [0.3, 0.4) is 0 Å². The highest BCUT2D eigenvalue weighted by atomic mass is 15.0. The van der Waals surface area contributed by atoms with Crippen molar-refractivity contribution in [1.29, 1.82) is 0 Å². The molecule has 2 nitrogen and oxygen atoms in total. The molecule has 150 valence electrons. The predicted octanol–water partition coefficient (Wildman–Crippen LogP) is 8.09. The van der Waals surface area contributed by atoms with E-state index in [0.717, 1.165) is 5.52 Å². The number of nitrogens with zero attached hydrogens (tertiary/aromatic N) is 1. The van der Waals surface area contributed by atoms with Crippen LogP contribution in [0.15, 0.2) is 115 Å². The lowest BCUT2D eigenvalue weighted by Crippen LogP contribution is -1.94. The molecule has 32 heavy (non-hydrogen) atoms. The Hall–Kier alpha value is -4.30. The molecule has 0 fully saturated rings. The molecular formula is C30H20N2. The van der Waals surface area contributed by atoms with Crippen molar-refractivity contribution in [3.63, 3.8) is 0 Å². The quantitative estimate of drug-likeness (QED) is 0.298. The van der Waals surface area contributed by atoms with Crippen LogP contribution in [-0.2, 0) is 0 Å². The van der Waals surface area contributed by atoms with Crippen molar-refractivity contribution in [1.82, 2.24) is 9.55 Å². The zero-order chi connectivity index (χ0) is 21.1. The van der Waals surface area contributed by atoms with Crippen molar-refractivity contribution in [2.45, 2.75) is 0 Å². The third-order valence-electron chi connectivity index (χ3n) is 6.53. The number of rotatable bonds is 2. The van der Waals surface area contributed by atoms with Gasteiger partial charge >= 0.3 is 0 Å². The number of aromatic amines is 1. The van der Waals surface area contributed by atoms with Gasteiger partial charge in [-0.2, -0.15) is 0 Å². The van der Waals surface area contributed by atoms with Gasteiger partial charge in [-0.15, -0.1) is 0 Å². The van der Waals surface area contributed by atoms with Gasteiger partial charge in [0.2, 0.25) is 0 Å². The van der Waals surface area contributed by atoms with Gasteiger partial charge in [-0.25, -0.2) is 0 Å². The Morgan fingerprint density at radius 1 is 0.438 bits per heavy atom. The van der Waals surface area contributed by atoms with Gasteiger partial charge in [0.05, 0.1) is 11.0 Å². The van der Waals surface area contributed by atoms with Crippen LogP contribution < -0.4 is 0 Å². The van der Waals surface area contributed by atoms with Crippen LogP contribution in [0.2, 0.25) is 0 Å². The molecule has 0 aliphatic carbocycles. The predicted molar refractivity (Wildman–Crippen MR) is 136 cm³/mol. The number of nitrogens with one attached hydrogen (secondary N) is 1. The lowest BCUT2D eigenvalue weighted by atomic mass is 10.0. The van der Waals surface area contributed by atoms with E-state index in [9.17, 15) is 0 Å². The Morgan fingerprint density at radius 2 is 1.12 bits per heavy atom. The molecule has 0 amide bonds. The van der Waals surface area contributed by atoms with Crippen molar-refractivity contribution in [2.24, 2.45) is 0 Å². The third-order valence-corrected chi connectivity index (χ3v) is 6.53. The van der Waals surface area contributed by atoms with E-state index in [1.54, 1.807) is 0 Å². The van der Waals surface area contributed by atoms with Gasteiger partial charge in [0.15, 0.2) is 0 Å². The first-order valence-electron chi connectivity index (χ1n) is 11.0. The van der Waals surface area contributed by atoms with Crippen LogP contribution in [-0.4, -0.2) is 9.55 Å². The number of H-pyrrole nitrogens is 1. The van der Waals surface area contributed by atoms with Crippen molar-refractivity contribution in [3.05, 3.63) is 115 Å². The van der Waals surface area contributed by atoms with E-state index in [1.807, 2.05) is 0 Å². The van der Waals surface area contributed by atoms with Crippen LogP contribution in [0.1, 0.15) is 0 Å². The second-order valence-electron chi connectivity index (χ2n) is 8.35. The highest BCUT2D eigenvalue weighted by Crippen LogP contribution is 2.36. The second kappa shape index (κ2) is 6.60. The molecule has 1 N–H and O–H groups in total. The summed E-state index contributed by atoms with van der Waals surface area (Å²) in [4.78, 5) is 3.60. The van der Waals surface area contributed by atoms with Gasteiger partial charge in [-0.3, -0.25) is 0 Å². The molecule has 0 atom stereocenters. The fraction of sp³-hybridized carbons (Fsp3) is 0. The molecule has 0 spiro atoms. The van der Waals surface area contributed by atoms with E-state index in [-0.39, 0.29) is 0 Å². The fourth-order valence-electron chi connectivity index (χ4n) is 5.04. The number of para-hydroxylation sites is 2. The Morgan fingerprint density at radius 3 is 2.03 bits per heavy atom. The summed E-state index contributed by atoms with van der Waals surface area (Å²) in [5.41, 5.74) is 8.42. The number of benzene rings is 5. The van der Waals surface area contributed by atoms with Crippen LogP contribution >= 0.6 is 0 Å². The summed E-state index contributed by atoms with van der Waals surface area (Å²) in [5.74, 6) is 0. The molecule has 7 rings (SSSR count). The maximum Gasteiger partial charge on any atom is 0.0547 e. The summed E-state index contributed by atoms with van der Waals surface area (Å²) in [7, 11) is 0. The average molecular weight is 409 g/mol. The van der Waals surface area contributed by atoms with Crippen molar-refractivity contribution in [3.8, 4) is 16.8 Å². The summed E-state index contributed by atoms with van der Waals surface area (Å²) in [5, 5.41) is 5.08. The van der Waals surface area contributed by atoms with Crippen LogP contribution in [0.4, 0.5) is 0 Å². The van der Waals surface area contributed by atoms with E-state index < -0.39 is 0 Å². The minimum atomic E-state index is 1.16. The Labute approximate surface area is 185 Å². The van der Waals surface area contributed by atoms with Gasteiger partial charge in [0.1, 0.15) is 0 Å². The van der Waals surface area contributed by atoms with E-state index in [1.165, 1.54) is 54.9 Å². The molecule has 0 bridgehead atoms. The lowest BCUT2D eigenvalue weighted by molar-refractivity contribution is 1.18. The SMILES string of the molecule is c1ccc(-c2ccc3c4ccccc4n(-c4ccc5c(c4)[nH]c4ccccc45)c3c2)cc1. The lowest BCUT2D eigenvalue weighted by Gasteiger charge is -2.09. The smallest absolute Gasteiger partial charge is 0.0547 e. The monoisotopic (exact) mass is 408 g/mol. The maximum atomic E-state index is 3.60. The summed E-state index contributed by atoms with van der Waals surface area (Å²) in [6.45, 7) is 0. The molecule has 2 heterocycles. The molecule has 0 aliphatic heterocycles. The van der Waals surface area contributed by atoms with Gasteiger partial charge in [0.25, 0.3) is 0 Å². The van der Waals surface area contributed by atoms with E-state index in [4.69, 9.17) is 0 Å². The molecule has 2 heteroatoms. The van der Waals surface area contributed by atoms with Crippen LogP contribution in [0, 0.1) is 0 Å². The Bertz CT molecular complexity index is 1770. The first kappa shape index (κ1) is 17.4. The Balaban J connectivity index is 1.55. The zero-order valence-electron chi connectivity index (χ0n) is 17.4. The highest BCUT2D eigenvalue weighted by molar-refractivity contribution is 6.11. The van der Waals surface area contributed by atoms with E-state index >= 15 is 0 Å². The first-order chi connectivity index (χ1) is 15.9. The Kier molecular flexibility index (Phi) is 3.58. The summed E-state index contributed by atoms with van der Waals surface area (Å²) in [6, 6.07) is 41.3. The molecule has 0 radical (unpaired) electrons. The summed E-state index contributed by atoms with van der Waals surface area (Å²) >= 11 is 0. The van der Waals surface area contributed by atoms with Gasteiger partial charge < -0.3 is 9.55 Å². The van der Waals surface area contributed by atoms with E-state index in [0.29, 0.717) is 0 Å². The molecule has 5 aromatic carbocycles. The maximum absolute atomic E-state index is 3.60. The summed E-state index contributed by atoms with van der Waals surface area (Å²) in [6.07, 6.45) is 0. The van der Waals surface area contributed by atoms with Gasteiger partial charge in [-0.1, -0.05) is 84.9 Å². The minimum Gasteiger partial charge on any atom is -0.354 e. The van der Waals surface area contributed by atoms with Crippen LogP contribution in [0.5, 0.6) is 0 Å². The number of hydrogen-bond acceptors (Lipinski definition) is 0. The molecular weight excluding hydrogens is 388 g/mol. The fourth-order valence-corrected chi connectivity index (χ4v) is 5.04. The van der Waals surface area contributed by atoms with Gasteiger partial charge in [-0.05, 0) is 41.5 Å². The number of hydrogen-bond donors (Lipinski definition) is 1. The minimum absolute atomic E-state index is 1.16. The van der Waals surface area contributed by atoms with Gasteiger partial charge in [0, 0.05) is 38.3 Å². The third kappa shape index (κ3) is 2.47. The van der Waals surface area contributed by atoms with Crippen molar-refractivity contribution >= 4 is 43.6 Å². The number of fused-ring (bicyclic) bond motifs is 6. The molecule has 0 unspecified atom stereocenters. The zero-order valence-corrected chi connectivity index (χ0v) is 17.4. The van der Waals surface area contributed by atoms with Crippen molar-refractivity contribution < 1.29 is 0 Å². The highest BCUT2D eigenvalue weighted by Gasteiger charge is 2.14. The molecule has 0 aliphatic rings. The molecule has 0 saturated heterocycles. The average Bonchev–Trinajstić information content (AvgIpc) is 3.39. The number of aromatic nitrogens is 2. The normalized spacial score (nSPS) is 11.8. The standard InChI is InChI=1S/C30H20N2/c1-2-8-20(9-3-1)21-14-16-26-25-11-5-7-13-29(25)32(30(26)18-21)22-15-17-24-23-10-4-6-12-27(23)31-28(24)19-22/h1-19,31H. The van der Waals surface area contributed by atoms with Crippen molar-refractivity contribution in [2.75, 3.05) is 0 Å². The molecule has 0 saturated carbocycles. The van der Waals surface area contributed by atoms with Crippen LogP contribution in [0.25, 0.3) is 60.4 Å².